The SMILES string of the molecule is CC.CCC(F)(F)/C(CCC(C)/C=C\C=C/CF)=C(\C#N)C(=O)NC(C)c1ccc(-c2c[nH]c(=S)c(OC)c2)s1. The number of allylic oxidation sites excluding steroid dienone is 5. The molecule has 2 aromatic heterocycles. The lowest BCUT2D eigenvalue weighted by Gasteiger charge is -2.22. The van der Waals surface area contributed by atoms with Crippen LogP contribution in [0.15, 0.2) is 59.8 Å². The van der Waals surface area contributed by atoms with Gasteiger partial charge in [-0.25, -0.2) is 13.2 Å². The maximum absolute atomic E-state index is 14.9. The number of ether oxygens (including phenoxy) is 1. The van der Waals surface area contributed by atoms with E-state index in [9.17, 15) is 23.2 Å². The third-order valence-corrected chi connectivity index (χ3v) is 7.56. The van der Waals surface area contributed by atoms with Crippen molar-refractivity contribution in [3.8, 4) is 22.3 Å². The molecule has 5 nitrogen and oxygen atoms in total. The zero-order chi connectivity index (χ0) is 30.3. The van der Waals surface area contributed by atoms with Crippen LogP contribution in [-0.4, -0.2) is 30.6 Å². The highest BCUT2D eigenvalue weighted by Crippen LogP contribution is 2.36. The smallest absolute Gasteiger partial charge is 0.270 e. The predicted molar refractivity (Wildman–Crippen MR) is 160 cm³/mol. The molecule has 2 heterocycles. The highest BCUT2D eigenvalue weighted by molar-refractivity contribution is 7.71. The van der Waals surface area contributed by atoms with Gasteiger partial charge in [0.25, 0.3) is 11.8 Å². The number of halogens is 3. The van der Waals surface area contributed by atoms with Crippen molar-refractivity contribution in [2.24, 2.45) is 5.92 Å². The number of nitriles is 1. The van der Waals surface area contributed by atoms with Crippen molar-refractivity contribution in [2.75, 3.05) is 13.8 Å². The van der Waals surface area contributed by atoms with Crippen LogP contribution in [0.1, 0.15) is 64.8 Å². The largest absolute Gasteiger partial charge is 0.494 e. The van der Waals surface area contributed by atoms with Gasteiger partial charge >= 0.3 is 0 Å². The Kier molecular flexibility index (Phi) is 15.3. The van der Waals surface area contributed by atoms with Crippen molar-refractivity contribution in [3.63, 3.8) is 0 Å². The lowest BCUT2D eigenvalue weighted by molar-refractivity contribution is -0.118. The van der Waals surface area contributed by atoms with Gasteiger partial charge in [-0.3, -0.25) is 4.79 Å². The number of H-pyrrole nitrogens is 1. The van der Waals surface area contributed by atoms with Crippen LogP contribution in [0.25, 0.3) is 10.4 Å². The van der Waals surface area contributed by atoms with Crippen molar-refractivity contribution in [2.45, 2.75) is 65.8 Å². The Morgan fingerprint density at radius 1 is 1.30 bits per heavy atom. The zero-order valence-corrected chi connectivity index (χ0v) is 25.4. The Hall–Kier alpha value is -3.16. The minimum absolute atomic E-state index is 0.112. The van der Waals surface area contributed by atoms with Gasteiger partial charge in [0.1, 0.15) is 23.0 Å². The number of rotatable bonds is 13. The van der Waals surface area contributed by atoms with Gasteiger partial charge in [-0.2, -0.15) is 5.26 Å². The molecule has 0 saturated heterocycles. The van der Waals surface area contributed by atoms with Crippen molar-refractivity contribution in [3.05, 3.63) is 69.4 Å². The first-order valence-electron chi connectivity index (χ1n) is 13.2. The molecule has 2 aromatic rings. The summed E-state index contributed by atoms with van der Waals surface area (Å²) >= 11 is 6.60. The van der Waals surface area contributed by atoms with E-state index in [1.54, 1.807) is 43.5 Å². The van der Waals surface area contributed by atoms with Crippen LogP contribution >= 0.6 is 23.6 Å². The van der Waals surface area contributed by atoms with Crippen LogP contribution in [0, 0.1) is 21.9 Å². The molecule has 0 spiro atoms. The molecule has 0 bridgehead atoms. The van der Waals surface area contributed by atoms with E-state index in [1.165, 1.54) is 31.4 Å². The monoisotopic (exact) mass is 593 g/mol. The van der Waals surface area contributed by atoms with Crippen LogP contribution < -0.4 is 10.1 Å². The number of pyridine rings is 1. The number of carbonyl (C=O) groups is 1. The second-order valence-electron chi connectivity index (χ2n) is 8.69. The van der Waals surface area contributed by atoms with E-state index < -0.39 is 42.1 Å². The lowest BCUT2D eigenvalue weighted by Crippen LogP contribution is -2.31. The van der Waals surface area contributed by atoms with Crippen LogP contribution in [0.5, 0.6) is 5.75 Å². The molecule has 2 N–H and O–H groups in total. The molecule has 0 aliphatic rings. The van der Waals surface area contributed by atoms with Crippen LogP contribution in [0.4, 0.5) is 13.2 Å². The van der Waals surface area contributed by atoms with Gasteiger partial charge in [0.05, 0.1) is 13.2 Å². The summed E-state index contributed by atoms with van der Waals surface area (Å²) in [5, 5.41) is 12.4. The van der Waals surface area contributed by atoms with E-state index in [2.05, 4.69) is 10.3 Å². The molecule has 10 heteroatoms. The number of aromatic nitrogens is 1. The number of carbonyl (C=O) groups excluding carboxylic acids is 1. The third kappa shape index (κ3) is 10.1. The second kappa shape index (κ2) is 17.5. The van der Waals surface area contributed by atoms with E-state index in [0.29, 0.717) is 16.8 Å². The van der Waals surface area contributed by atoms with E-state index in [1.807, 2.05) is 32.9 Å². The van der Waals surface area contributed by atoms with Crippen LogP contribution in [0.2, 0.25) is 0 Å². The summed E-state index contributed by atoms with van der Waals surface area (Å²) in [7, 11) is 1.53. The van der Waals surface area contributed by atoms with Gasteiger partial charge in [0, 0.05) is 33.5 Å². The first-order valence-corrected chi connectivity index (χ1v) is 14.4. The minimum Gasteiger partial charge on any atom is -0.494 e. The van der Waals surface area contributed by atoms with E-state index >= 15 is 0 Å². The molecule has 0 radical (unpaired) electrons. The molecule has 2 unspecified atom stereocenters. The molecule has 0 aliphatic heterocycles. The maximum Gasteiger partial charge on any atom is 0.270 e. The van der Waals surface area contributed by atoms with Crippen molar-refractivity contribution < 1.29 is 22.7 Å². The lowest BCUT2D eigenvalue weighted by atomic mass is 9.91. The third-order valence-electron chi connectivity index (χ3n) is 5.93. The molecule has 40 heavy (non-hydrogen) atoms. The summed E-state index contributed by atoms with van der Waals surface area (Å²) in [5.74, 6) is -3.72. The molecule has 2 rings (SSSR count). The summed E-state index contributed by atoms with van der Waals surface area (Å²) < 4.78 is 47.7. The number of thiophene rings is 1. The van der Waals surface area contributed by atoms with E-state index in [-0.39, 0.29) is 12.3 Å². The normalized spacial score (nSPS) is 13.7. The Bertz CT molecular complexity index is 1290. The van der Waals surface area contributed by atoms with Crippen LogP contribution in [-0.2, 0) is 4.79 Å². The summed E-state index contributed by atoms with van der Waals surface area (Å²) in [4.78, 5) is 17.7. The first kappa shape index (κ1) is 34.9. The standard InChI is InChI=1S/C28H32F3N3O2S2.C2H6/c1-5-28(30,31)22(11-10-18(2)9-7-6-8-14-29)21(16-32)26(35)34-19(3)24-12-13-25(38-24)20-15-23(36-4)27(37)33-17-20;1-2/h6-9,12-13,15,17-19H,5,10-11,14H2,1-4H3,(H,33,37)(H,34,35);1-2H3/b8-6-,9-7-,22-21+;. The van der Waals surface area contributed by atoms with Crippen molar-refractivity contribution in [1.29, 1.82) is 5.26 Å². The Balaban J connectivity index is 0.00000391. The molecule has 0 aliphatic carbocycles. The second-order valence-corrected chi connectivity index (χ2v) is 10.2. The molecular formula is C30H38F3N3O2S2. The summed E-state index contributed by atoms with van der Waals surface area (Å²) in [6.45, 7) is 8.30. The molecule has 0 fully saturated rings. The number of nitrogens with zero attached hydrogens (tertiary/aromatic N) is 1. The number of hydrogen-bond donors (Lipinski definition) is 2. The minimum atomic E-state index is -3.30. The Morgan fingerprint density at radius 3 is 2.60 bits per heavy atom. The average molecular weight is 594 g/mol. The number of hydrogen-bond acceptors (Lipinski definition) is 5. The number of nitrogens with one attached hydrogen (secondary N) is 2. The van der Waals surface area contributed by atoms with E-state index in [4.69, 9.17) is 17.0 Å². The fraction of sp³-hybridized carbons (Fsp3) is 0.433. The molecular weight excluding hydrogens is 555 g/mol. The van der Waals surface area contributed by atoms with E-state index in [0.717, 1.165) is 15.3 Å². The maximum atomic E-state index is 14.9. The fourth-order valence-corrected chi connectivity index (χ4v) is 4.85. The van der Waals surface area contributed by atoms with Gasteiger partial charge in [0.2, 0.25) is 0 Å². The Labute approximate surface area is 244 Å². The number of methoxy groups -OCH3 is 1. The quantitative estimate of drug-likeness (QED) is 0.105. The number of amides is 1. The van der Waals surface area contributed by atoms with Crippen molar-refractivity contribution >= 4 is 29.5 Å². The van der Waals surface area contributed by atoms with Crippen molar-refractivity contribution in [1.82, 2.24) is 10.3 Å². The highest BCUT2D eigenvalue weighted by Gasteiger charge is 2.36. The van der Waals surface area contributed by atoms with Gasteiger partial charge in [-0.15, -0.1) is 11.3 Å². The number of alkyl halides is 3. The van der Waals surface area contributed by atoms with Crippen LogP contribution in [0.3, 0.4) is 0 Å². The van der Waals surface area contributed by atoms with Gasteiger partial charge in [-0.05, 0) is 43.9 Å². The first-order chi connectivity index (χ1) is 19.1. The molecule has 0 saturated carbocycles. The molecule has 0 aromatic carbocycles. The number of aromatic amines is 1. The fourth-order valence-electron chi connectivity index (χ4n) is 3.65. The summed E-state index contributed by atoms with van der Waals surface area (Å²) in [5.41, 5.74) is -0.185. The molecule has 218 valence electrons. The zero-order valence-electron chi connectivity index (χ0n) is 23.8. The van der Waals surface area contributed by atoms with Gasteiger partial charge in [-0.1, -0.05) is 64.2 Å². The predicted octanol–water partition coefficient (Wildman–Crippen LogP) is 9.05. The molecule has 1 amide bonds. The Morgan fingerprint density at radius 2 is 2.00 bits per heavy atom. The summed E-state index contributed by atoms with van der Waals surface area (Å²) in [6.07, 6.45) is 7.71. The van der Waals surface area contributed by atoms with Gasteiger partial charge < -0.3 is 15.0 Å². The molecule has 2 atom stereocenters. The van der Waals surface area contributed by atoms with Gasteiger partial charge in [0.15, 0.2) is 5.75 Å². The topological polar surface area (TPSA) is 77.9 Å². The summed E-state index contributed by atoms with van der Waals surface area (Å²) in [6, 6.07) is 6.73. The average Bonchev–Trinajstić information content (AvgIpc) is 3.45. The highest BCUT2D eigenvalue weighted by atomic mass is 32.1.